The molecule has 2 aromatic rings. The predicted molar refractivity (Wildman–Crippen MR) is 78.3 cm³/mol. The van der Waals surface area contributed by atoms with E-state index in [1.54, 1.807) is 24.3 Å². The standard InChI is InChI=1S/C17H13F2NO3/c18-12-6-3-4-10(16(12)19)8-15(21)20-13-9-23-14-7-2-1-5-11(14)17(13)22/h1-7,13H,8-9H2,(H,20,21)/t13-/m0/s1. The molecule has 0 unspecified atom stereocenters. The summed E-state index contributed by atoms with van der Waals surface area (Å²) in [6, 6.07) is 9.53. The topological polar surface area (TPSA) is 55.4 Å². The van der Waals surface area contributed by atoms with E-state index in [4.69, 9.17) is 4.74 Å². The van der Waals surface area contributed by atoms with Gasteiger partial charge in [-0.2, -0.15) is 0 Å². The number of benzene rings is 2. The molecule has 1 amide bonds. The first-order chi connectivity index (χ1) is 11.1. The summed E-state index contributed by atoms with van der Waals surface area (Å²) in [7, 11) is 0. The van der Waals surface area contributed by atoms with Crippen molar-refractivity contribution in [3.05, 3.63) is 65.2 Å². The molecule has 2 aromatic carbocycles. The van der Waals surface area contributed by atoms with E-state index in [1.165, 1.54) is 12.1 Å². The molecule has 1 aliphatic rings. The van der Waals surface area contributed by atoms with Crippen LogP contribution < -0.4 is 10.1 Å². The SMILES string of the molecule is O=C(Cc1cccc(F)c1F)N[C@H]1COc2ccccc2C1=O. The number of amides is 1. The molecule has 1 aliphatic heterocycles. The van der Waals surface area contributed by atoms with Crippen molar-refractivity contribution in [1.29, 1.82) is 0 Å². The number of Topliss-reactive ketones (excluding diaryl/α,β-unsaturated/α-hetero) is 1. The molecule has 1 heterocycles. The van der Waals surface area contributed by atoms with Crippen molar-refractivity contribution in [1.82, 2.24) is 5.32 Å². The zero-order chi connectivity index (χ0) is 16.4. The maximum atomic E-state index is 13.6. The lowest BCUT2D eigenvalue weighted by Crippen LogP contribution is -2.47. The number of carbonyl (C=O) groups excluding carboxylic acids is 2. The van der Waals surface area contributed by atoms with Gasteiger partial charge in [-0.15, -0.1) is 0 Å². The molecule has 1 N–H and O–H groups in total. The molecule has 0 fully saturated rings. The number of nitrogens with one attached hydrogen (secondary N) is 1. The second-order valence-corrected chi connectivity index (χ2v) is 5.18. The average Bonchev–Trinajstić information content (AvgIpc) is 2.55. The fraction of sp³-hybridized carbons (Fsp3) is 0.176. The van der Waals surface area contributed by atoms with Crippen LogP contribution in [0.15, 0.2) is 42.5 Å². The van der Waals surface area contributed by atoms with Crippen molar-refractivity contribution < 1.29 is 23.1 Å². The minimum Gasteiger partial charge on any atom is -0.490 e. The van der Waals surface area contributed by atoms with E-state index < -0.39 is 23.6 Å². The van der Waals surface area contributed by atoms with Crippen LogP contribution in [0, 0.1) is 11.6 Å². The maximum Gasteiger partial charge on any atom is 0.225 e. The summed E-state index contributed by atoms with van der Waals surface area (Å²) < 4.78 is 32.1. The first-order valence-corrected chi connectivity index (χ1v) is 7.04. The van der Waals surface area contributed by atoms with Crippen molar-refractivity contribution in [2.45, 2.75) is 12.5 Å². The highest BCUT2D eigenvalue weighted by Gasteiger charge is 2.29. The van der Waals surface area contributed by atoms with Crippen LogP contribution in [-0.2, 0) is 11.2 Å². The van der Waals surface area contributed by atoms with E-state index in [0.29, 0.717) is 11.3 Å². The van der Waals surface area contributed by atoms with E-state index >= 15 is 0 Å². The van der Waals surface area contributed by atoms with Gasteiger partial charge in [0.15, 0.2) is 17.4 Å². The Kier molecular flexibility index (Phi) is 4.06. The fourth-order valence-corrected chi connectivity index (χ4v) is 2.44. The van der Waals surface area contributed by atoms with E-state index in [0.717, 1.165) is 6.07 Å². The summed E-state index contributed by atoms with van der Waals surface area (Å²) in [6.45, 7) is 0.00716. The Labute approximate surface area is 131 Å². The van der Waals surface area contributed by atoms with Crippen LogP contribution in [-0.4, -0.2) is 24.3 Å². The zero-order valence-corrected chi connectivity index (χ0v) is 12.0. The summed E-state index contributed by atoms with van der Waals surface area (Å²) in [4.78, 5) is 24.3. The third-order valence-corrected chi connectivity index (χ3v) is 3.59. The van der Waals surface area contributed by atoms with E-state index in [9.17, 15) is 18.4 Å². The summed E-state index contributed by atoms with van der Waals surface area (Å²) in [5.41, 5.74) is 0.327. The average molecular weight is 317 g/mol. The van der Waals surface area contributed by atoms with Crippen LogP contribution in [0.5, 0.6) is 5.75 Å². The van der Waals surface area contributed by atoms with E-state index in [1.807, 2.05) is 0 Å². The number of para-hydroxylation sites is 1. The minimum absolute atomic E-state index is 0.00716. The Balaban J connectivity index is 1.69. The quantitative estimate of drug-likeness (QED) is 0.945. The minimum atomic E-state index is -1.06. The summed E-state index contributed by atoms with van der Waals surface area (Å²) in [5, 5.41) is 2.50. The lowest BCUT2D eigenvalue weighted by Gasteiger charge is -2.24. The van der Waals surface area contributed by atoms with Crippen LogP contribution >= 0.6 is 0 Å². The van der Waals surface area contributed by atoms with Crippen molar-refractivity contribution in [2.24, 2.45) is 0 Å². The number of hydrogen-bond acceptors (Lipinski definition) is 3. The van der Waals surface area contributed by atoms with Gasteiger partial charge in [-0.1, -0.05) is 24.3 Å². The van der Waals surface area contributed by atoms with Gasteiger partial charge in [0, 0.05) is 5.56 Å². The Morgan fingerprint density at radius 1 is 1.17 bits per heavy atom. The highest BCUT2D eigenvalue weighted by molar-refractivity contribution is 6.05. The number of fused-ring (bicyclic) bond motifs is 1. The van der Waals surface area contributed by atoms with Crippen molar-refractivity contribution in [2.75, 3.05) is 6.61 Å². The molecule has 6 heteroatoms. The Bertz CT molecular complexity index is 776. The van der Waals surface area contributed by atoms with Gasteiger partial charge in [0.25, 0.3) is 0 Å². The zero-order valence-electron chi connectivity index (χ0n) is 12.0. The predicted octanol–water partition coefficient (Wildman–Crippen LogP) is 2.27. The van der Waals surface area contributed by atoms with Crippen LogP contribution in [0.3, 0.4) is 0 Å². The first kappa shape index (κ1) is 15.1. The van der Waals surface area contributed by atoms with Gasteiger partial charge in [-0.3, -0.25) is 9.59 Å². The maximum absolute atomic E-state index is 13.6. The molecule has 0 saturated heterocycles. The van der Waals surface area contributed by atoms with Crippen molar-refractivity contribution in [3.63, 3.8) is 0 Å². The first-order valence-electron chi connectivity index (χ1n) is 7.04. The lowest BCUT2D eigenvalue weighted by atomic mass is 10.0. The molecule has 118 valence electrons. The third kappa shape index (κ3) is 3.06. The molecule has 23 heavy (non-hydrogen) atoms. The largest absolute Gasteiger partial charge is 0.490 e. The second-order valence-electron chi connectivity index (χ2n) is 5.18. The molecule has 0 radical (unpaired) electrons. The Morgan fingerprint density at radius 3 is 2.78 bits per heavy atom. The van der Waals surface area contributed by atoms with Crippen LogP contribution in [0.25, 0.3) is 0 Å². The van der Waals surface area contributed by atoms with Gasteiger partial charge in [0.05, 0.1) is 12.0 Å². The summed E-state index contributed by atoms with van der Waals surface area (Å²) in [5.74, 6) is -2.43. The van der Waals surface area contributed by atoms with Gasteiger partial charge in [0.2, 0.25) is 5.91 Å². The van der Waals surface area contributed by atoms with E-state index in [2.05, 4.69) is 5.32 Å². The normalized spacial score (nSPS) is 16.4. The van der Waals surface area contributed by atoms with Gasteiger partial charge >= 0.3 is 0 Å². The molecular formula is C17H13F2NO3. The summed E-state index contributed by atoms with van der Waals surface area (Å²) >= 11 is 0. The van der Waals surface area contributed by atoms with Gasteiger partial charge in [-0.25, -0.2) is 8.78 Å². The molecule has 0 aromatic heterocycles. The fourth-order valence-electron chi connectivity index (χ4n) is 2.44. The highest BCUT2D eigenvalue weighted by Crippen LogP contribution is 2.24. The molecule has 1 atom stereocenters. The van der Waals surface area contributed by atoms with Gasteiger partial charge in [0.1, 0.15) is 18.4 Å². The second kappa shape index (κ2) is 6.16. The van der Waals surface area contributed by atoms with Crippen molar-refractivity contribution >= 4 is 11.7 Å². The highest BCUT2D eigenvalue weighted by atomic mass is 19.2. The molecule has 0 spiro atoms. The number of ether oxygens (including phenoxy) is 1. The number of halogens is 2. The van der Waals surface area contributed by atoms with Crippen LogP contribution in [0.2, 0.25) is 0 Å². The number of ketones is 1. The third-order valence-electron chi connectivity index (χ3n) is 3.59. The van der Waals surface area contributed by atoms with E-state index in [-0.39, 0.29) is 24.4 Å². The van der Waals surface area contributed by atoms with Crippen LogP contribution in [0.4, 0.5) is 8.78 Å². The smallest absolute Gasteiger partial charge is 0.225 e. The molecule has 0 aliphatic carbocycles. The Hall–Kier alpha value is -2.76. The Morgan fingerprint density at radius 2 is 1.96 bits per heavy atom. The molecular weight excluding hydrogens is 304 g/mol. The van der Waals surface area contributed by atoms with Gasteiger partial charge < -0.3 is 10.1 Å². The lowest BCUT2D eigenvalue weighted by molar-refractivity contribution is -0.121. The monoisotopic (exact) mass is 317 g/mol. The van der Waals surface area contributed by atoms with Crippen molar-refractivity contribution in [3.8, 4) is 5.75 Å². The summed E-state index contributed by atoms with van der Waals surface area (Å²) in [6.07, 6.45) is -0.352. The number of rotatable bonds is 3. The number of hydrogen-bond donors (Lipinski definition) is 1. The molecule has 0 saturated carbocycles. The molecule has 3 rings (SSSR count). The van der Waals surface area contributed by atoms with Gasteiger partial charge in [-0.05, 0) is 18.2 Å². The molecule has 4 nitrogen and oxygen atoms in total. The van der Waals surface area contributed by atoms with Crippen LogP contribution in [0.1, 0.15) is 15.9 Å². The molecule has 0 bridgehead atoms. The number of carbonyl (C=O) groups is 2.